The van der Waals surface area contributed by atoms with E-state index in [1.54, 1.807) is 24.3 Å². The van der Waals surface area contributed by atoms with Crippen LogP contribution in [0.1, 0.15) is 16.8 Å². The average Bonchev–Trinajstić information content (AvgIpc) is 3.38. The van der Waals surface area contributed by atoms with Crippen molar-refractivity contribution in [3.05, 3.63) is 71.7 Å². The topological polar surface area (TPSA) is 61.0 Å². The summed E-state index contributed by atoms with van der Waals surface area (Å²) < 4.78 is 40.6. The first-order valence-electron chi connectivity index (χ1n) is 9.29. The number of aromatic amines is 1. The summed E-state index contributed by atoms with van der Waals surface area (Å²) >= 11 is 0. The summed E-state index contributed by atoms with van der Waals surface area (Å²) in [5.74, 6) is -2.37. The second-order valence-corrected chi connectivity index (χ2v) is 7.05. The maximum absolute atomic E-state index is 14.1. The minimum absolute atomic E-state index is 0.163. The molecule has 0 radical (unpaired) electrons. The highest BCUT2D eigenvalue weighted by molar-refractivity contribution is 5.99. The average molecular weight is 400 g/mol. The molecule has 1 amide bonds. The Bertz CT molecular complexity index is 1040. The lowest BCUT2D eigenvalue weighted by Gasteiger charge is -2.19. The molecule has 5 nitrogen and oxygen atoms in total. The molecular formula is C21H19F3N4O. The summed E-state index contributed by atoms with van der Waals surface area (Å²) in [7, 11) is 0. The molecule has 3 aromatic rings. The number of carbonyl (C=O) groups is 1. The summed E-state index contributed by atoms with van der Waals surface area (Å²) in [6.07, 6.45) is 2.18. The van der Waals surface area contributed by atoms with E-state index in [1.807, 2.05) is 4.90 Å². The van der Waals surface area contributed by atoms with Crippen LogP contribution in [0.5, 0.6) is 0 Å². The van der Waals surface area contributed by atoms with Crippen LogP contribution in [0, 0.1) is 23.4 Å². The third-order valence-electron chi connectivity index (χ3n) is 5.13. The first-order chi connectivity index (χ1) is 14.0. The van der Waals surface area contributed by atoms with Crippen LogP contribution < -0.4 is 10.2 Å². The quantitative estimate of drug-likeness (QED) is 0.686. The van der Waals surface area contributed by atoms with Gasteiger partial charge >= 0.3 is 0 Å². The Morgan fingerprint density at radius 2 is 1.97 bits per heavy atom. The van der Waals surface area contributed by atoms with E-state index in [0.29, 0.717) is 31.0 Å². The Morgan fingerprint density at radius 1 is 1.14 bits per heavy atom. The third-order valence-corrected chi connectivity index (χ3v) is 5.13. The van der Waals surface area contributed by atoms with Crippen molar-refractivity contribution in [1.82, 2.24) is 15.5 Å². The number of rotatable bonds is 5. The van der Waals surface area contributed by atoms with Crippen LogP contribution in [0.25, 0.3) is 11.3 Å². The van der Waals surface area contributed by atoms with E-state index in [4.69, 9.17) is 0 Å². The van der Waals surface area contributed by atoms with Gasteiger partial charge in [0.1, 0.15) is 5.82 Å². The Labute approximate surface area is 165 Å². The second kappa shape index (κ2) is 7.98. The molecular weight excluding hydrogens is 381 g/mol. The summed E-state index contributed by atoms with van der Waals surface area (Å²) in [5.41, 5.74) is 1.50. The first kappa shape index (κ1) is 19.0. The van der Waals surface area contributed by atoms with E-state index in [-0.39, 0.29) is 23.0 Å². The number of benzene rings is 2. The molecule has 1 saturated heterocycles. The normalized spacial score (nSPS) is 16.2. The number of H-pyrrole nitrogens is 1. The standard InChI is InChI=1S/C21H19F3N4O/c22-17-4-2-1-3-15(17)20-16(11-26-27-20)21(29)25-10-13-7-8-28(12-13)14-5-6-18(23)19(24)9-14/h1-6,9,11,13H,7-8,10,12H2,(H,25,29)(H,26,27). The van der Waals surface area contributed by atoms with Crippen LogP contribution in [0.4, 0.5) is 18.9 Å². The van der Waals surface area contributed by atoms with E-state index >= 15 is 0 Å². The van der Waals surface area contributed by atoms with Gasteiger partial charge in [-0.3, -0.25) is 9.89 Å². The van der Waals surface area contributed by atoms with Crippen molar-refractivity contribution in [1.29, 1.82) is 0 Å². The third kappa shape index (κ3) is 3.96. The molecule has 1 unspecified atom stereocenters. The smallest absolute Gasteiger partial charge is 0.255 e. The number of nitrogens with one attached hydrogen (secondary N) is 2. The zero-order chi connectivity index (χ0) is 20.4. The van der Waals surface area contributed by atoms with Gasteiger partial charge in [0, 0.05) is 37.0 Å². The summed E-state index contributed by atoms with van der Waals surface area (Å²) in [6, 6.07) is 10.0. The fraction of sp³-hybridized carbons (Fsp3) is 0.238. The molecule has 4 rings (SSSR count). The molecule has 8 heteroatoms. The van der Waals surface area contributed by atoms with Crippen LogP contribution >= 0.6 is 0 Å². The van der Waals surface area contributed by atoms with Gasteiger partial charge in [-0.2, -0.15) is 5.10 Å². The van der Waals surface area contributed by atoms with Gasteiger partial charge in [0.25, 0.3) is 5.91 Å². The van der Waals surface area contributed by atoms with Gasteiger partial charge in [-0.25, -0.2) is 13.2 Å². The molecule has 1 fully saturated rings. The lowest BCUT2D eigenvalue weighted by Crippen LogP contribution is -2.31. The number of halogens is 3. The Hall–Kier alpha value is -3.29. The van der Waals surface area contributed by atoms with Crippen LogP contribution in [0.2, 0.25) is 0 Å². The Balaban J connectivity index is 1.38. The molecule has 1 aliphatic heterocycles. The lowest BCUT2D eigenvalue weighted by atomic mass is 10.1. The highest BCUT2D eigenvalue weighted by Gasteiger charge is 2.25. The molecule has 150 valence electrons. The zero-order valence-electron chi connectivity index (χ0n) is 15.5. The van der Waals surface area contributed by atoms with Gasteiger partial charge in [0.2, 0.25) is 0 Å². The molecule has 2 aromatic carbocycles. The minimum atomic E-state index is -0.875. The van der Waals surface area contributed by atoms with Gasteiger partial charge in [0.15, 0.2) is 11.6 Å². The van der Waals surface area contributed by atoms with Gasteiger partial charge in [0.05, 0.1) is 17.5 Å². The highest BCUT2D eigenvalue weighted by Crippen LogP contribution is 2.26. The predicted molar refractivity (Wildman–Crippen MR) is 103 cm³/mol. The van der Waals surface area contributed by atoms with E-state index in [0.717, 1.165) is 12.5 Å². The molecule has 0 aliphatic carbocycles. The van der Waals surface area contributed by atoms with Gasteiger partial charge in [-0.05, 0) is 36.6 Å². The SMILES string of the molecule is O=C(NCC1CCN(c2ccc(F)c(F)c2)C1)c1cn[nH]c1-c1ccccc1F. The summed E-state index contributed by atoms with van der Waals surface area (Å²) in [6.45, 7) is 1.73. The number of aromatic nitrogens is 2. The molecule has 1 aromatic heterocycles. The van der Waals surface area contributed by atoms with E-state index in [2.05, 4.69) is 15.5 Å². The van der Waals surface area contributed by atoms with E-state index in [9.17, 15) is 18.0 Å². The van der Waals surface area contributed by atoms with Gasteiger partial charge in [-0.1, -0.05) is 12.1 Å². The van der Waals surface area contributed by atoms with Crippen molar-refractivity contribution in [3.8, 4) is 11.3 Å². The minimum Gasteiger partial charge on any atom is -0.371 e. The molecule has 29 heavy (non-hydrogen) atoms. The lowest BCUT2D eigenvalue weighted by molar-refractivity contribution is 0.0949. The number of carbonyl (C=O) groups excluding carboxylic acids is 1. The van der Waals surface area contributed by atoms with Crippen LogP contribution in [-0.2, 0) is 0 Å². The Kier molecular flexibility index (Phi) is 5.24. The van der Waals surface area contributed by atoms with Crippen molar-refractivity contribution in [2.24, 2.45) is 5.92 Å². The van der Waals surface area contributed by atoms with Crippen LogP contribution in [0.3, 0.4) is 0 Å². The molecule has 1 aliphatic rings. The second-order valence-electron chi connectivity index (χ2n) is 7.05. The molecule has 0 spiro atoms. The van der Waals surface area contributed by atoms with E-state index < -0.39 is 17.5 Å². The largest absolute Gasteiger partial charge is 0.371 e. The number of amides is 1. The summed E-state index contributed by atoms with van der Waals surface area (Å²) in [4.78, 5) is 14.6. The zero-order valence-corrected chi connectivity index (χ0v) is 15.5. The molecule has 0 bridgehead atoms. The van der Waals surface area contributed by atoms with Crippen molar-refractivity contribution >= 4 is 11.6 Å². The monoisotopic (exact) mass is 400 g/mol. The molecule has 2 heterocycles. The van der Waals surface area contributed by atoms with Gasteiger partial charge < -0.3 is 10.2 Å². The number of nitrogens with zero attached hydrogens (tertiary/aromatic N) is 2. The molecule has 1 atom stereocenters. The van der Waals surface area contributed by atoms with Crippen molar-refractivity contribution in [2.45, 2.75) is 6.42 Å². The van der Waals surface area contributed by atoms with Crippen molar-refractivity contribution in [3.63, 3.8) is 0 Å². The maximum Gasteiger partial charge on any atom is 0.255 e. The number of hydrogen-bond donors (Lipinski definition) is 2. The van der Waals surface area contributed by atoms with Crippen LogP contribution in [0.15, 0.2) is 48.7 Å². The molecule has 2 N–H and O–H groups in total. The fourth-order valence-electron chi connectivity index (χ4n) is 3.58. The van der Waals surface area contributed by atoms with Crippen LogP contribution in [-0.4, -0.2) is 35.7 Å². The summed E-state index contributed by atoms with van der Waals surface area (Å²) in [5, 5.41) is 9.43. The number of anilines is 1. The predicted octanol–water partition coefficient (Wildman–Crippen LogP) is 3.75. The molecule has 0 saturated carbocycles. The first-order valence-corrected chi connectivity index (χ1v) is 9.29. The Morgan fingerprint density at radius 3 is 2.76 bits per heavy atom. The van der Waals surface area contributed by atoms with Crippen molar-refractivity contribution < 1.29 is 18.0 Å². The fourth-order valence-corrected chi connectivity index (χ4v) is 3.58. The highest BCUT2D eigenvalue weighted by atomic mass is 19.2. The van der Waals surface area contributed by atoms with Crippen molar-refractivity contribution in [2.75, 3.05) is 24.5 Å². The maximum atomic E-state index is 14.1. The number of hydrogen-bond acceptors (Lipinski definition) is 3. The van der Waals surface area contributed by atoms with E-state index in [1.165, 1.54) is 18.3 Å². The van der Waals surface area contributed by atoms with Gasteiger partial charge in [-0.15, -0.1) is 0 Å².